The van der Waals surface area contributed by atoms with Crippen LogP contribution in [0.1, 0.15) is 43.0 Å². The Kier molecular flexibility index (Phi) is 7.57. The second-order valence-electron chi connectivity index (χ2n) is 12.1. The zero-order valence-corrected chi connectivity index (χ0v) is 24.3. The first kappa shape index (κ1) is 27.2. The van der Waals surface area contributed by atoms with E-state index in [1.54, 1.807) is 7.11 Å². The van der Waals surface area contributed by atoms with Crippen molar-refractivity contribution in [2.75, 3.05) is 63.8 Å². The third-order valence-corrected chi connectivity index (χ3v) is 8.91. The van der Waals surface area contributed by atoms with E-state index in [0.717, 1.165) is 55.8 Å². The summed E-state index contributed by atoms with van der Waals surface area (Å²) in [6.07, 6.45) is 3.17. The number of benzene rings is 2. The van der Waals surface area contributed by atoms with Crippen molar-refractivity contribution in [2.24, 2.45) is 5.41 Å². The molecule has 214 valence electrons. The van der Waals surface area contributed by atoms with Crippen molar-refractivity contribution in [3.63, 3.8) is 0 Å². The third-order valence-electron chi connectivity index (χ3n) is 8.91. The van der Waals surface area contributed by atoms with Gasteiger partial charge in [0.2, 0.25) is 0 Å². The molecule has 0 N–H and O–H groups in total. The molecule has 3 aromatic rings. The SMILES string of the molecule is CCc1cccc2cccc(N3CCc4c(nc(OCC5(CN(C)C)CC5)nc4N4CCC(F)C(OC)C4)C3)c12. The number of methoxy groups -OCH3 is 1. The smallest absolute Gasteiger partial charge is 0.318 e. The molecule has 2 fully saturated rings. The van der Waals surface area contributed by atoms with Crippen LogP contribution in [-0.2, 0) is 24.1 Å². The fourth-order valence-corrected chi connectivity index (χ4v) is 6.59. The number of anilines is 2. The van der Waals surface area contributed by atoms with Crippen molar-refractivity contribution in [1.29, 1.82) is 0 Å². The minimum Gasteiger partial charge on any atom is -0.463 e. The molecule has 7 nitrogen and oxygen atoms in total. The molecule has 0 bridgehead atoms. The summed E-state index contributed by atoms with van der Waals surface area (Å²) in [4.78, 5) is 16.8. The Labute approximate surface area is 237 Å². The van der Waals surface area contributed by atoms with Gasteiger partial charge in [0.15, 0.2) is 0 Å². The molecule has 1 aromatic heterocycles. The Bertz CT molecular complexity index is 1360. The number of fused-ring (bicyclic) bond motifs is 2. The normalized spacial score (nSPS) is 22.1. The minimum atomic E-state index is -0.954. The Morgan fingerprint density at radius 3 is 2.60 bits per heavy atom. The van der Waals surface area contributed by atoms with Crippen molar-refractivity contribution in [2.45, 2.75) is 57.8 Å². The van der Waals surface area contributed by atoms with E-state index in [4.69, 9.17) is 19.4 Å². The fraction of sp³-hybridized carbons (Fsp3) is 0.562. The highest BCUT2D eigenvalue weighted by Crippen LogP contribution is 2.46. The number of ether oxygens (including phenoxy) is 2. The van der Waals surface area contributed by atoms with Gasteiger partial charge in [0.25, 0.3) is 0 Å². The first-order chi connectivity index (χ1) is 19.4. The van der Waals surface area contributed by atoms with Crippen molar-refractivity contribution >= 4 is 22.3 Å². The molecule has 1 saturated heterocycles. The number of nitrogens with zero attached hydrogens (tertiary/aromatic N) is 5. The fourth-order valence-electron chi connectivity index (χ4n) is 6.59. The lowest BCUT2D eigenvalue weighted by Crippen LogP contribution is -2.47. The summed E-state index contributed by atoms with van der Waals surface area (Å²) in [6.45, 7) is 6.49. The molecule has 2 atom stereocenters. The zero-order valence-electron chi connectivity index (χ0n) is 24.3. The predicted octanol–water partition coefficient (Wildman–Crippen LogP) is 5.04. The molecular formula is C32H42FN5O2. The largest absolute Gasteiger partial charge is 0.463 e. The molecule has 1 aliphatic carbocycles. The molecule has 3 heterocycles. The molecule has 0 amide bonds. The number of hydrogen-bond acceptors (Lipinski definition) is 7. The van der Waals surface area contributed by atoms with Crippen molar-refractivity contribution in [1.82, 2.24) is 14.9 Å². The number of piperidine rings is 1. The van der Waals surface area contributed by atoms with Gasteiger partial charge in [-0.1, -0.05) is 37.3 Å². The summed E-state index contributed by atoms with van der Waals surface area (Å²) in [6, 6.07) is 13.6. The van der Waals surface area contributed by atoms with E-state index >= 15 is 0 Å². The van der Waals surface area contributed by atoms with Crippen LogP contribution < -0.4 is 14.5 Å². The van der Waals surface area contributed by atoms with Gasteiger partial charge in [0.1, 0.15) is 18.1 Å². The van der Waals surface area contributed by atoms with Gasteiger partial charge in [-0.05, 0) is 63.2 Å². The van der Waals surface area contributed by atoms with E-state index < -0.39 is 12.3 Å². The quantitative estimate of drug-likeness (QED) is 0.372. The average molecular weight is 548 g/mol. The summed E-state index contributed by atoms with van der Waals surface area (Å²) in [7, 11) is 5.82. The predicted molar refractivity (Wildman–Crippen MR) is 158 cm³/mol. The minimum absolute atomic E-state index is 0.183. The van der Waals surface area contributed by atoms with Crippen LogP contribution in [0, 0.1) is 5.41 Å². The van der Waals surface area contributed by atoms with E-state index in [9.17, 15) is 4.39 Å². The first-order valence-corrected chi connectivity index (χ1v) is 14.7. The maximum Gasteiger partial charge on any atom is 0.318 e. The van der Waals surface area contributed by atoms with Crippen LogP contribution in [0.2, 0.25) is 0 Å². The van der Waals surface area contributed by atoms with Crippen LogP contribution in [0.15, 0.2) is 36.4 Å². The lowest BCUT2D eigenvalue weighted by Gasteiger charge is -2.38. The highest BCUT2D eigenvalue weighted by Gasteiger charge is 2.44. The van der Waals surface area contributed by atoms with Crippen molar-refractivity contribution < 1.29 is 13.9 Å². The summed E-state index contributed by atoms with van der Waals surface area (Å²) >= 11 is 0. The molecule has 8 heteroatoms. The van der Waals surface area contributed by atoms with Gasteiger partial charge in [0, 0.05) is 55.3 Å². The molecule has 0 radical (unpaired) electrons. The average Bonchev–Trinajstić information content (AvgIpc) is 3.73. The van der Waals surface area contributed by atoms with E-state index in [1.165, 1.54) is 22.0 Å². The van der Waals surface area contributed by atoms with Gasteiger partial charge in [-0.2, -0.15) is 9.97 Å². The van der Waals surface area contributed by atoms with Gasteiger partial charge in [0.05, 0.1) is 18.8 Å². The van der Waals surface area contributed by atoms with E-state index in [0.29, 0.717) is 38.7 Å². The van der Waals surface area contributed by atoms with Crippen LogP contribution in [0.5, 0.6) is 6.01 Å². The van der Waals surface area contributed by atoms with Crippen LogP contribution in [0.4, 0.5) is 15.9 Å². The van der Waals surface area contributed by atoms with Gasteiger partial charge in [-0.3, -0.25) is 0 Å². The maximum atomic E-state index is 14.5. The van der Waals surface area contributed by atoms with Gasteiger partial charge >= 0.3 is 6.01 Å². The molecule has 3 aliphatic rings. The molecule has 6 rings (SSSR count). The second kappa shape index (κ2) is 11.1. The number of aryl methyl sites for hydroxylation is 1. The topological polar surface area (TPSA) is 54.0 Å². The highest BCUT2D eigenvalue weighted by atomic mass is 19.1. The van der Waals surface area contributed by atoms with Crippen LogP contribution >= 0.6 is 0 Å². The Hall–Kier alpha value is -2.97. The maximum absolute atomic E-state index is 14.5. The Morgan fingerprint density at radius 1 is 1.07 bits per heavy atom. The summed E-state index contributed by atoms with van der Waals surface area (Å²) < 4.78 is 26.4. The zero-order chi connectivity index (χ0) is 27.9. The van der Waals surface area contributed by atoms with Gasteiger partial charge < -0.3 is 24.2 Å². The third kappa shape index (κ3) is 5.36. The Balaban J connectivity index is 1.34. The molecule has 2 aromatic carbocycles. The number of halogens is 1. The summed E-state index contributed by atoms with van der Waals surface area (Å²) in [5, 5.41) is 2.60. The first-order valence-electron chi connectivity index (χ1n) is 14.7. The van der Waals surface area contributed by atoms with E-state index in [-0.39, 0.29) is 5.41 Å². The van der Waals surface area contributed by atoms with Crippen molar-refractivity contribution in [3.8, 4) is 6.01 Å². The molecule has 2 unspecified atom stereocenters. The lowest BCUT2D eigenvalue weighted by atomic mass is 9.98. The standard InChI is InChI=1S/C32H42FN5O2/c1-5-22-8-6-9-23-10-7-11-27(29(22)23)37-16-12-24-26(18-37)34-31(40-21-32(14-15-32)20-36(2)3)35-30(24)38-17-13-25(33)28(19-38)39-4/h6-11,25,28H,5,12-21H2,1-4H3. The number of hydrogen-bond donors (Lipinski definition) is 0. The number of rotatable bonds is 9. The van der Waals surface area contributed by atoms with Crippen LogP contribution in [0.25, 0.3) is 10.8 Å². The summed E-state index contributed by atoms with van der Waals surface area (Å²) in [5.41, 5.74) is 4.96. The summed E-state index contributed by atoms with van der Waals surface area (Å²) in [5.74, 6) is 0.887. The highest BCUT2D eigenvalue weighted by molar-refractivity contribution is 5.97. The number of aromatic nitrogens is 2. The molecule has 2 aliphatic heterocycles. The van der Waals surface area contributed by atoms with Crippen LogP contribution in [-0.4, -0.2) is 81.1 Å². The van der Waals surface area contributed by atoms with Gasteiger partial charge in [-0.15, -0.1) is 0 Å². The second-order valence-corrected chi connectivity index (χ2v) is 12.1. The molecule has 1 saturated carbocycles. The van der Waals surface area contributed by atoms with Crippen molar-refractivity contribution in [3.05, 3.63) is 53.2 Å². The van der Waals surface area contributed by atoms with E-state index in [1.807, 2.05) is 0 Å². The molecule has 0 spiro atoms. The Morgan fingerprint density at radius 2 is 1.88 bits per heavy atom. The van der Waals surface area contributed by atoms with Crippen LogP contribution in [0.3, 0.4) is 0 Å². The van der Waals surface area contributed by atoms with Gasteiger partial charge in [-0.25, -0.2) is 4.39 Å². The number of alkyl halides is 1. The lowest BCUT2D eigenvalue weighted by molar-refractivity contribution is 0.0230. The molecular weight excluding hydrogens is 505 g/mol. The van der Waals surface area contributed by atoms with E-state index in [2.05, 4.69) is 72.1 Å². The molecule has 40 heavy (non-hydrogen) atoms. The monoisotopic (exact) mass is 547 g/mol.